The van der Waals surface area contributed by atoms with Gasteiger partial charge in [0.05, 0.1) is 17.9 Å². The van der Waals surface area contributed by atoms with Crippen LogP contribution in [-0.4, -0.2) is 4.98 Å². The smallest absolute Gasteiger partial charge is 0.112 e. The summed E-state index contributed by atoms with van der Waals surface area (Å²) in [5, 5.41) is 4.34. The number of halogens is 1. The molecule has 3 nitrogen and oxygen atoms in total. The van der Waals surface area contributed by atoms with Gasteiger partial charge in [0.2, 0.25) is 0 Å². The predicted molar refractivity (Wildman–Crippen MR) is 72.7 cm³/mol. The molecule has 0 fully saturated rings. The van der Waals surface area contributed by atoms with Gasteiger partial charge in [-0.05, 0) is 25.1 Å². The second-order valence-electron chi connectivity index (χ2n) is 3.45. The first kappa shape index (κ1) is 11.4. The van der Waals surface area contributed by atoms with Crippen LogP contribution < -0.4 is 11.1 Å². The van der Waals surface area contributed by atoms with Gasteiger partial charge in [-0.15, -0.1) is 11.3 Å². The summed E-state index contributed by atoms with van der Waals surface area (Å²) in [4.78, 5) is 5.51. The van der Waals surface area contributed by atoms with Gasteiger partial charge in [0, 0.05) is 15.5 Å². The van der Waals surface area contributed by atoms with Crippen LogP contribution in [0.1, 0.15) is 9.88 Å². The highest BCUT2D eigenvalue weighted by Crippen LogP contribution is 2.23. The number of aromatic nitrogens is 1. The Morgan fingerprint density at radius 1 is 1.50 bits per heavy atom. The summed E-state index contributed by atoms with van der Waals surface area (Å²) in [5.41, 5.74) is 7.56. The molecule has 1 heterocycles. The van der Waals surface area contributed by atoms with Crippen LogP contribution in [0.2, 0.25) is 0 Å². The maximum absolute atomic E-state index is 5.88. The fourth-order valence-corrected chi connectivity index (χ4v) is 2.45. The van der Waals surface area contributed by atoms with Crippen LogP contribution in [0.4, 0.5) is 11.4 Å². The summed E-state index contributed by atoms with van der Waals surface area (Å²) in [5.74, 6) is 0. The third-order valence-corrected chi connectivity index (χ3v) is 3.52. The number of thiazole rings is 1. The largest absolute Gasteiger partial charge is 0.397 e. The number of rotatable bonds is 3. The molecule has 0 saturated carbocycles. The Morgan fingerprint density at radius 2 is 2.31 bits per heavy atom. The molecule has 3 N–H and O–H groups in total. The lowest BCUT2D eigenvalue weighted by Crippen LogP contribution is -2.01. The minimum Gasteiger partial charge on any atom is -0.397 e. The van der Waals surface area contributed by atoms with Gasteiger partial charge in [-0.2, -0.15) is 0 Å². The topological polar surface area (TPSA) is 50.9 Å². The van der Waals surface area contributed by atoms with Crippen LogP contribution in [-0.2, 0) is 6.54 Å². The van der Waals surface area contributed by atoms with E-state index in [1.165, 1.54) is 4.88 Å². The monoisotopic (exact) mass is 297 g/mol. The first-order valence-corrected chi connectivity index (χ1v) is 6.46. The zero-order valence-electron chi connectivity index (χ0n) is 8.83. The van der Waals surface area contributed by atoms with Crippen molar-refractivity contribution >= 4 is 38.6 Å². The highest BCUT2D eigenvalue weighted by atomic mass is 79.9. The van der Waals surface area contributed by atoms with Crippen molar-refractivity contribution in [1.29, 1.82) is 0 Å². The molecule has 0 aliphatic carbocycles. The first-order chi connectivity index (χ1) is 7.65. The molecule has 0 spiro atoms. The molecular formula is C11H12BrN3S. The van der Waals surface area contributed by atoms with Crippen molar-refractivity contribution in [2.75, 3.05) is 11.1 Å². The third kappa shape index (κ3) is 2.74. The van der Waals surface area contributed by atoms with Gasteiger partial charge in [0.25, 0.3) is 0 Å². The van der Waals surface area contributed by atoms with E-state index in [0.29, 0.717) is 6.54 Å². The Balaban J connectivity index is 2.04. The number of aryl methyl sites for hydroxylation is 1. The molecule has 0 bridgehead atoms. The molecule has 0 aliphatic rings. The molecule has 0 radical (unpaired) electrons. The van der Waals surface area contributed by atoms with E-state index in [0.717, 1.165) is 20.9 Å². The molecule has 0 atom stereocenters. The number of nitrogens with one attached hydrogen (secondary N) is 1. The van der Waals surface area contributed by atoms with Crippen LogP contribution in [0, 0.1) is 6.92 Å². The maximum atomic E-state index is 5.88. The quantitative estimate of drug-likeness (QED) is 0.854. The van der Waals surface area contributed by atoms with Crippen molar-refractivity contribution in [3.63, 3.8) is 0 Å². The summed E-state index contributed by atoms with van der Waals surface area (Å²) >= 11 is 5.07. The molecule has 16 heavy (non-hydrogen) atoms. The average molecular weight is 298 g/mol. The SMILES string of the molecule is Cc1cnc(CNc2ccc(Br)cc2N)s1. The summed E-state index contributed by atoms with van der Waals surface area (Å²) in [6.07, 6.45) is 1.88. The van der Waals surface area contributed by atoms with Crippen LogP contribution in [0.25, 0.3) is 0 Å². The van der Waals surface area contributed by atoms with E-state index in [1.54, 1.807) is 11.3 Å². The molecule has 0 saturated heterocycles. The second-order valence-corrected chi connectivity index (χ2v) is 5.68. The van der Waals surface area contributed by atoms with Gasteiger partial charge in [-0.3, -0.25) is 0 Å². The molecule has 0 unspecified atom stereocenters. The van der Waals surface area contributed by atoms with E-state index < -0.39 is 0 Å². The van der Waals surface area contributed by atoms with E-state index in [2.05, 4.69) is 33.2 Å². The number of nitrogens with zero attached hydrogens (tertiary/aromatic N) is 1. The Bertz CT molecular complexity index is 496. The highest BCUT2D eigenvalue weighted by Gasteiger charge is 2.01. The van der Waals surface area contributed by atoms with Crippen molar-refractivity contribution < 1.29 is 0 Å². The van der Waals surface area contributed by atoms with Crippen LogP contribution >= 0.6 is 27.3 Å². The molecule has 84 valence electrons. The van der Waals surface area contributed by atoms with Crippen molar-refractivity contribution in [1.82, 2.24) is 4.98 Å². The molecule has 5 heteroatoms. The summed E-state index contributed by atoms with van der Waals surface area (Å²) in [6.45, 7) is 2.76. The summed E-state index contributed by atoms with van der Waals surface area (Å²) in [7, 11) is 0. The molecule has 2 aromatic rings. The van der Waals surface area contributed by atoms with Crippen LogP contribution in [0.15, 0.2) is 28.9 Å². The lowest BCUT2D eigenvalue weighted by atomic mass is 10.3. The Morgan fingerprint density at radius 3 is 2.94 bits per heavy atom. The number of nitrogens with two attached hydrogens (primary N) is 1. The Kier molecular flexibility index (Phi) is 3.46. The Labute approximate surface area is 107 Å². The van der Waals surface area contributed by atoms with Gasteiger partial charge < -0.3 is 11.1 Å². The van der Waals surface area contributed by atoms with E-state index in [-0.39, 0.29) is 0 Å². The number of benzene rings is 1. The van der Waals surface area contributed by atoms with Gasteiger partial charge in [0.1, 0.15) is 5.01 Å². The number of anilines is 2. The van der Waals surface area contributed by atoms with Gasteiger partial charge >= 0.3 is 0 Å². The third-order valence-electron chi connectivity index (χ3n) is 2.11. The molecule has 1 aromatic heterocycles. The van der Waals surface area contributed by atoms with Gasteiger partial charge in [0.15, 0.2) is 0 Å². The molecule has 0 aliphatic heterocycles. The van der Waals surface area contributed by atoms with E-state index in [4.69, 9.17) is 5.73 Å². The second kappa shape index (κ2) is 4.84. The summed E-state index contributed by atoms with van der Waals surface area (Å²) in [6, 6.07) is 5.81. The highest BCUT2D eigenvalue weighted by molar-refractivity contribution is 9.10. The van der Waals surface area contributed by atoms with Gasteiger partial charge in [-0.1, -0.05) is 15.9 Å². The lowest BCUT2D eigenvalue weighted by Gasteiger charge is -2.07. The average Bonchev–Trinajstić information content (AvgIpc) is 2.63. The molecule has 2 rings (SSSR count). The zero-order valence-corrected chi connectivity index (χ0v) is 11.2. The number of hydrogen-bond acceptors (Lipinski definition) is 4. The minimum absolute atomic E-state index is 0.713. The van der Waals surface area contributed by atoms with Crippen molar-refractivity contribution in [3.05, 3.63) is 38.8 Å². The number of hydrogen-bond donors (Lipinski definition) is 2. The molecule has 1 aromatic carbocycles. The normalized spacial score (nSPS) is 10.4. The van der Waals surface area contributed by atoms with Crippen molar-refractivity contribution in [2.45, 2.75) is 13.5 Å². The van der Waals surface area contributed by atoms with Gasteiger partial charge in [-0.25, -0.2) is 4.98 Å². The first-order valence-electron chi connectivity index (χ1n) is 4.85. The van der Waals surface area contributed by atoms with E-state index in [1.807, 2.05) is 24.4 Å². The fraction of sp³-hybridized carbons (Fsp3) is 0.182. The standard InChI is InChI=1S/C11H12BrN3S/c1-7-5-15-11(16-7)6-14-10-3-2-8(12)4-9(10)13/h2-5,14H,6,13H2,1H3. The van der Waals surface area contributed by atoms with Crippen LogP contribution in [0.3, 0.4) is 0 Å². The van der Waals surface area contributed by atoms with Crippen molar-refractivity contribution in [3.8, 4) is 0 Å². The Hall–Kier alpha value is -1.07. The van der Waals surface area contributed by atoms with Crippen molar-refractivity contribution in [2.24, 2.45) is 0 Å². The maximum Gasteiger partial charge on any atom is 0.112 e. The molecule has 0 amide bonds. The number of nitrogen functional groups attached to an aromatic ring is 1. The van der Waals surface area contributed by atoms with E-state index in [9.17, 15) is 0 Å². The molecular weight excluding hydrogens is 286 g/mol. The van der Waals surface area contributed by atoms with Crippen LogP contribution in [0.5, 0.6) is 0 Å². The fourth-order valence-electron chi connectivity index (χ4n) is 1.35. The zero-order chi connectivity index (χ0) is 11.5. The lowest BCUT2D eigenvalue weighted by molar-refractivity contribution is 1.10. The summed E-state index contributed by atoms with van der Waals surface area (Å²) < 4.78 is 0.987. The predicted octanol–water partition coefficient (Wildman–Crippen LogP) is 3.41. The van der Waals surface area contributed by atoms with E-state index >= 15 is 0 Å². The minimum atomic E-state index is 0.713.